The van der Waals surface area contributed by atoms with Gasteiger partial charge >= 0.3 is 5.97 Å². The average molecular weight is 204 g/mol. The second-order valence-corrected chi connectivity index (χ2v) is 2.93. The third-order valence-corrected chi connectivity index (χ3v) is 1.87. The van der Waals surface area contributed by atoms with E-state index < -0.39 is 5.97 Å². The Balaban J connectivity index is 2.50. The van der Waals surface area contributed by atoms with E-state index in [1.807, 2.05) is 0 Å². The van der Waals surface area contributed by atoms with Gasteiger partial charge in [-0.05, 0) is 12.1 Å². The average Bonchev–Trinajstić information content (AvgIpc) is 2.62. The van der Waals surface area contributed by atoms with E-state index in [0.29, 0.717) is 5.82 Å². The molecule has 0 aliphatic carbocycles. The zero-order chi connectivity index (χ0) is 10.8. The SMILES string of the molecule is Cn1nc(C(=O)O)nc1-c1cccnc1. The minimum absolute atomic E-state index is 0.212. The van der Waals surface area contributed by atoms with E-state index in [0.717, 1.165) is 5.56 Å². The summed E-state index contributed by atoms with van der Waals surface area (Å²) in [6.07, 6.45) is 3.24. The zero-order valence-electron chi connectivity index (χ0n) is 7.95. The second-order valence-electron chi connectivity index (χ2n) is 2.93. The topological polar surface area (TPSA) is 80.9 Å². The Morgan fingerprint density at radius 3 is 2.87 bits per heavy atom. The van der Waals surface area contributed by atoms with Crippen LogP contribution in [0.4, 0.5) is 0 Å². The van der Waals surface area contributed by atoms with E-state index in [4.69, 9.17) is 5.11 Å². The lowest BCUT2D eigenvalue weighted by Gasteiger charge is -1.97. The van der Waals surface area contributed by atoms with Crippen LogP contribution in [0, 0.1) is 0 Å². The van der Waals surface area contributed by atoms with Crippen molar-refractivity contribution < 1.29 is 9.90 Å². The van der Waals surface area contributed by atoms with Gasteiger partial charge in [0.2, 0.25) is 0 Å². The fourth-order valence-electron chi connectivity index (χ4n) is 1.22. The summed E-state index contributed by atoms with van der Waals surface area (Å²) < 4.78 is 1.42. The predicted molar refractivity (Wildman–Crippen MR) is 51.2 cm³/mol. The number of hydrogen-bond donors (Lipinski definition) is 1. The van der Waals surface area contributed by atoms with E-state index in [9.17, 15) is 4.79 Å². The van der Waals surface area contributed by atoms with Crippen molar-refractivity contribution in [3.63, 3.8) is 0 Å². The molecule has 2 aromatic rings. The van der Waals surface area contributed by atoms with Crippen molar-refractivity contribution in [2.24, 2.45) is 7.05 Å². The molecule has 1 N–H and O–H groups in total. The molecule has 0 radical (unpaired) electrons. The highest BCUT2D eigenvalue weighted by Gasteiger charge is 2.14. The zero-order valence-corrected chi connectivity index (χ0v) is 7.95. The number of carboxylic acid groups (broad SMARTS) is 1. The summed E-state index contributed by atoms with van der Waals surface area (Å²) in [5.41, 5.74) is 0.736. The molecule has 2 rings (SSSR count). The van der Waals surface area contributed by atoms with Gasteiger partial charge in [0, 0.05) is 25.0 Å². The molecule has 0 aromatic carbocycles. The molecule has 76 valence electrons. The Morgan fingerprint density at radius 1 is 1.53 bits per heavy atom. The predicted octanol–water partition coefficient (Wildman–Crippen LogP) is 0.575. The molecule has 0 unspecified atom stereocenters. The van der Waals surface area contributed by atoms with Crippen LogP contribution in [0.2, 0.25) is 0 Å². The minimum atomic E-state index is -1.14. The van der Waals surface area contributed by atoms with Crippen LogP contribution in [0.5, 0.6) is 0 Å². The number of carbonyl (C=O) groups is 1. The van der Waals surface area contributed by atoms with Gasteiger partial charge in [0.1, 0.15) is 0 Å². The van der Waals surface area contributed by atoms with Gasteiger partial charge in [-0.15, -0.1) is 5.10 Å². The number of hydrogen-bond acceptors (Lipinski definition) is 4. The molecule has 0 saturated carbocycles. The molecule has 0 bridgehead atoms. The maximum Gasteiger partial charge on any atom is 0.375 e. The first-order chi connectivity index (χ1) is 7.18. The fraction of sp³-hybridized carbons (Fsp3) is 0.111. The Hall–Kier alpha value is -2.24. The van der Waals surface area contributed by atoms with Crippen molar-refractivity contribution >= 4 is 5.97 Å². The first-order valence-corrected chi connectivity index (χ1v) is 4.23. The van der Waals surface area contributed by atoms with Crippen LogP contribution in [0.1, 0.15) is 10.6 Å². The van der Waals surface area contributed by atoms with Gasteiger partial charge < -0.3 is 5.11 Å². The number of pyridine rings is 1. The minimum Gasteiger partial charge on any atom is -0.475 e. The van der Waals surface area contributed by atoms with Crippen LogP contribution >= 0.6 is 0 Å². The summed E-state index contributed by atoms with van der Waals surface area (Å²) in [5, 5.41) is 12.5. The number of aryl methyl sites for hydroxylation is 1. The normalized spacial score (nSPS) is 10.2. The smallest absolute Gasteiger partial charge is 0.375 e. The highest BCUT2D eigenvalue weighted by atomic mass is 16.4. The van der Waals surface area contributed by atoms with Crippen molar-refractivity contribution in [1.29, 1.82) is 0 Å². The van der Waals surface area contributed by atoms with Gasteiger partial charge in [-0.3, -0.25) is 4.98 Å². The molecule has 6 heteroatoms. The molecule has 0 amide bonds. The van der Waals surface area contributed by atoms with Crippen molar-refractivity contribution in [2.45, 2.75) is 0 Å². The van der Waals surface area contributed by atoms with E-state index in [1.165, 1.54) is 4.68 Å². The molecule has 0 aliphatic rings. The molecule has 0 saturated heterocycles. The second kappa shape index (κ2) is 3.49. The van der Waals surface area contributed by atoms with Crippen LogP contribution in [-0.4, -0.2) is 30.8 Å². The molecule has 0 spiro atoms. The van der Waals surface area contributed by atoms with Crippen LogP contribution in [0.25, 0.3) is 11.4 Å². The summed E-state index contributed by atoms with van der Waals surface area (Å²) in [6, 6.07) is 3.55. The largest absolute Gasteiger partial charge is 0.475 e. The highest BCUT2D eigenvalue weighted by molar-refractivity contribution is 5.83. The summed E-state index contributed by atoms with van der Waals surface area (Å²) in [7, 11) is 1.64. The molecule has 15 heavy (non-hydrogen) atoms. The third kappa shape index (κ3) is 1.69. The maximum absolute atomic E-state index is 10.6. The molecule has 0 atom stereocenters. The Labute approximate surface area is 85.2 Å². The van der Waals surface area contributed by atoms with E-state index >= 15 is 0 Å². The summed E-state index contributed by atoms with van der Waals surface area (Å²) in [6.45, 7) is 0. The standard InChI is InChI=1S/C9H8N4O2/c1-13-8(6-3-2-4-10-5-6)11-7(12-13)9(14)15/h2-5H,1H3,(H,14,15). The molecular formula is C9H8N4O2. The van der Waals surface area contributed by atoms with Gasteiger partial charge in [0.15, 0.2) is 5.82 Å². The van der Waals surface area contributed by atoms with Crippen molar-refractivity contribution in [2.75, 3.05) is 0 Å². The summed E-state index contributed by atoms with van der Waals surface area (Å²) >= 11 is 0. The molecule has 2 heterocycles. The monoisotopic (exact) mass is 204 g/mol. The third-order valence-electron chi connectivity index (χ3n) is 1.87. The molecule has 2 aromatic heterocycles. The molecule has 0 aliphatic heterocycles. The number of aromatic carboxylic acids is 1. The van der Waals surface area contributed by atoms with Gasteiger partial charge in [0.25, 0.3) is 5.82 Å². The maximum atomic E-state index is 10.6. The number of rotatable bonds is 2. The Bertz CT molecular complexity index is 492. The lowest BCUT2D eigenvalue weighted by Crippen LogP contribution is -2.00. The van der Waals surface area contributed by atoms with E-state index in [2.05, 4.69) is 15.1 Å². The van der Waals surface area contributed by atoms with Gasteiger partial charge in [-0.25, -0.2) is 14.5 Å². The number of carboxylic acids is 1. The van der Waals surface area contributed by atoms with Crippen LogP contribution < -0.4 is 0 Å². The molecule has 6 nitrogen and oxygen atoms in total. The van der Waals surface area contributed by atoms with Crippen LogP contribution in [-0.2, 0) is 7.05 Å². The van der Waals surface area contributed by atoms with E-state index in [1.54, 1.807) is 31.6 Å². The van der Waals surface area contributed by atoms with Crippen LogP contribution in [0.3, 0.4) is 0 Å². The van der Waals surface area contributed by atoms with Crippen molar-refractivity contribution in [1.82, 2.24) is 19.7 Å². The first kappa shape index (κ1) is 9.32. The summed E-state index contributed by atoms with van der Waals surface area (Å²) in [5.74, 6) is -0.863. The van der Waals surface area contributed by atoms with Gasteiger partial charge in [-0.2, -0.15) is 0 Å². The van der Waals surface area contributed by atoms with Crippen LogP contribution in [0.15, 0.2) is 24.5 Å². The van der Waals surface area contributed by atoms with Gasteiger partial charge in [-0.1, -0.05) is 0 Å². The van der Waals surface area contributed by atoms with Crippen molar-refractivity contribution in [3.8, 4) is 11.4 Å². The van der Waals surface area contributed by atoms with Gasteiger partial charge in [0.05, 0.1) is 0 Å². The first-order valence-electron chi connectivity index (χ1n) is 4.23. The Kier molecular flexibility index (Phi) is 2.17. The lowest BCUT2D eigenvalue weighted by atomic mass is 10.3. The molecule has 0 fully saturated rings. The lowest BCUT2D eigenvalue weighted by molar-refractivity contribution is 0.0683. The highest BCUT2D eigenvalue weighted by Crippen LogP contribution is 2.14. The number of nitrogens with zero attached hydrogens (tertiary/aromatic N) is 4. The molecular weight excluding hydrogens is 196 g/mol. The van der Waals surface area contributed by atoms with E-state index in [-0.39, 0.29) is 5.82 Å². The Morgan fingerprint density at radius 2 is 2.33 bits per heavy atom. The number of aromatic nitrogens is 4. The quantitative estimate of drug-likeness (QED) is 0.773. The fourth-order valence-corrected chi connectivity index (χ4v) is 1.22. The summed E-state index contributed by atoms with van der Waals surface area (Å²) in [4.78, 5) is 18.5. The van der Waals surface area contributed by atoms with Crippen molar-refractivity contribution in [3.05, 3.63) is 30.4 Å².